The molecule has 0 amide bonds. The van der Waals surface area contributed by atoms with Gasteiger partial charge in [0, 0.05) is 52.5 Å². The summed E-state index contributed by atoms with van der Waals surface area (Å²) in [5.74, 6) is 0. The molecule has 0 fully saturated rings. The standard InChI is InChI=1S/C50H32F6N2S/c51-49(52,53)33-19-29-43-41-15-7-9-17-45(41)57(47(43)31-33)35-21-25-39(26-22-35)59(37-11-3-1-4-12-37,38-13-5-2-6-14-38)40-27-23-36(24-28-40)58-46-18-10-8-16-42(46)44-30-20-34(32-48(44)58)50(54,55)56/h1-32H. The number of benzene rings is 8. The van der Waals surface area contributed by atoms with Crippen LogP contribution in [0.5, 0.6) is 0 Å². The third kappa shape index (κ3) is 5.90. The molecule has 0 bridgehead atoms. The van der Waals surface area contributed by atoms with Gasteiger partial charge < -0.3 is 9.13 Å². The topological polar surface area (TPSA) is 9.86 Å². The number of para-hydroxylation sites is 2. The molecule has 0 aliphatic rings. The Morgan fingerprint density at radius 3 is 1.00 bits per heavy atom. The highest BCUT2D eigenvalue weighted by Crippen LogP contribution is 2.73. The average molecular weight is 807 g/mol. The molecule has 0 unspecified atom stereocenters. The van der Waals surface area contributed by atoms with Gasteiger partial charge >= 0.3 is 12.4 Å². The number of aromatic nitrogens is 2. The number of alkyl halides is 6. The van der Waals surface area contributed by atoms with Crippen LogP contribution in [-0.4, -0.2) is 9.13 Å². The van der Waals surface area contributed by atoms with Crippen molar-refractivity contribution in [2.45, 2.75) is 31.9 Å². The molecule has 2 aromatic heterocycles. The lowest BCUT2D eigenvalue weighted by Gasteiger charge is -2.42. The minimum atomic E-state index is -4.50. The van der Waals surface area contributed by atoms with E-state index in [1.54, 1.807) is 12.1 Å². The van der Waals surface area contributed by atoms with Crippen LogP contribution in [0.3, 0.4) is 0 Å². The Morgan fingerprint density at radius 1 is 0.305 bits per heavy atom. The largest absolute Gasteiger partial charge is 0.416 e. The molecule has 2 heterocycles. The van der Waals surface area contributed by atoms with Crippen LogP contribution in [-0.2, 0) is 12.4 Å². The first-order valence-electron chi connectivity index (χ1n) is 18.9. The Balaban J connectivity index is 1.18. The smallest absolute Gasteiger partial charge is 0.309 e. The highest BCUT2D eigenvalue weighted by atomic mass is 32.3. The molecular formula is C50H32F6N2S. The van der Waals surface area contributed by atoms with E-state index in [0.717, 1.165) is 64.3 Å². The third-order valence-corrected chi connectivity index (χ3v) is 15.0. The van der Waals surface area contributed by atoms with Crippen LogP contribution in [0.4, 0.5) is 26.3 Å². The maximum absolute atomic E-state index is 14.0. The third-order valence-electron chi connectivity index (χ3n) is 11.1. The van der Waals surface area contributed by atoms with Crippen molar-refractivity contribution >= 4 is 53.6 Å². The minimum Gasteiger partial charge on any atom is -0.309 e. The fraction of sp³-hybridized carbons (Fsp3) is 0.0400. The zero-order valence-corrected chi connectivity index (χ0v) is 31.9. The molecule has 9 heteroatoms. The number of halogens is 6. The zero-order chi connectivity index (χ0) is 40.5. The van der Waals surface area contributed by atoms with Gasteiger partial charge in [-0.05, 0) is 109 Å². The van der Waals surface area contributed by atoms with Gasteiger partial charge in [0.05, 0.1) is 33.2 Å². The van der Waals surface area contributed by atoms with Crippen molar-refractivity contribution in [1.29, 1.82) is 0 Å². The molecule has 0 N–H and O–H groups in total. The number of nitrogens with zero attached hydrogens (tertiary/aromatic N) is 2. The summed E-state index contributed by atoms with van der Waals surface area (Å²) < 4.78 is 87.9. The number of hydrogen-bond acceptors (Lipinski definition) is 0. The van der Waals surface area contributed by atoms with Gasteiger partial charge in [-0.3, -0.25) is 0 Å². The van der Waals surface area contributed by atoms with E-state index in [1.165, 1.54) is 12.1 Å². The van der Waals surface area contributed by atoms with E-state index >= 15 is 0 Å². The number of fused-ring (bicyclic) bond motifs is 6. The molecule has 0 aliphatic heterocycles. The Labute approximate surface area is 336 Å². The van der Waals surface area contributed by atoms with Gasteiger partial charge in [-0.25, -0.2) is 0 Å². The van der Waals surface area contributed by atoms with Crippen molar-refractivity contribution in [2.75, 3.05) is 0 Å². The van der Waals surface area contributed by atoms with Crippen LogP contribution in [0, 0.1) is 0 Å². The molecule has 59 heavy (non-hydrogen) atoms. The molecule has 2 nitrogen and oxygen atoms in total. The molecule has 0 saturated heterocycles. The quantitative estimate of drug-likeness (QED) is 0.148. The van der Waals surface area contributed by atoms with Crippen molar-refractivity contribution in [3.63, 3.8) is 0 Å². The maximum atomic E-state index is 14.0. The SMILES string of the molecule is FC(F)(F)c1ccc2c3ccccc3n(-c3ccc(S(c4ccccc4)(c4ccccc4)c4ccc(-n5c6ccccc6c6ccc(C(F)(F)F)cc65)cc4)cc3)c2c1. The van der Waals surface area contributed by atoms with Gasteiger partial charge in [-0.2, -0.15) is 26.3 Å². The van der Waals surface area contributed by atoms with Gasteiger partial charge in [-0.1, -0.05) is 84.9 Å². The molecular weight excluding hydrogens is 775 g/mol. The normalized spacial score (nSPS) is 12.8. The van der Waals surface area contributed by atoms with Crippen LogP contribution in [0.1, 0.15) is 11.1 Å². The zero-order valence-electron chi connectivity index (χ0n) is 31.0. The van der Waals surface area contributed by atoms with E-state index in [2.05, 4.69) is 48.5 Å². The van der Waals surface area contributed by atoms with Crippen LogP contribution < -0.4 is 0 Å². The van der Waals surface area contributed by atoms with E-state index in [-0.39, 0.29) is 0 Å². The Bertz CT molecular complexity index is 2950. The van der Waals surface area contributed by atoms with Crippen LogP contribution in [0.2, 0.25) is 0 Å². The van der Waals surface area contributed by atoms with Crippen LogP contribution in [0.25, 0.3) is 55.0 Å². The first-order chi connectivity index (χ1) is 28.5. The Hall–Kier alpha value is -6.71. The highest BCUT2D eigenvalue weighted by Gasteiger charge is 2.35. The molecule has 10 aromatic rings. The highest BCUT2D eigenvalue weighted by molar-refractivity contribution is 8.34. The van der Waals surface area contributed by atoms with Gasteiger partial charge in [0.2, 0.25) is 0 Å². The lowest BCUT2D eigenvalue weighted by Crippen LogP contribution is -2.07. The fourth-order valence-electron chi connectivity index (χ4n) is 8.51. The van der Waals surface area contributed by atoms with Crippen molar-refractivity contribution < 1.29 is 26.3 Å². The van der Waals surface area contributed by atoms with Crippen molar-refractivity contribution in [3.8, 4) is 11.4 Å². The summed E-state index contributed by atoms with van der Waals surface area (Å²) in [4.78, 5) is 4.11. The molecule has 8 aromatic carbocycles. The summed E-state index contributed by atoms with van der Waals surface area (Å²) in [5.41, 5.74) is 2.51. The lowest BCUT2D eigenvalue weighted by atomic mass is 10.1. The fourth-order valence-corrected chi connectivity index (χ4v) is 12.4. The van der Waals surface area contributed by atoms with Gasteiger partial charge in [0.1, 0.15) is 0 Å². The van der Waals surface area contributed by atoms with E-state index in [0.29, 0.717) is 22.4 Å². The first-order valence-corrected chi connectivity index (χ1v) is 20.5. The minimum absolute atomic E-state index is 0.460. The predicted octanol–water partition coefficient (Wildman–Crippen LogP) is 15.3. The van der Waals surface area contributed by atoms with Crippen LogP contribution in [0.15, 0.2) is 214 Å². The van der Waals surface area contributed by atoms with Crippen molar-refractivity contribution in [3.05, 3.63) is 205 Å². The first kappa shape index (κ1) is 36.6. The molecule has 0 radical (unpaired) electrons. The molecule has 0 aliphatic carbocycles. The van der Waals surface area contributed by atoms with Crippen LogP contribution >= 0.6 is 10.0 Å². The van der Waals surface area contributed by atoms with Gasteiger partial charge in [-0.15, -0.1) is 10.0 Å². The maximum Gasteiger partial charge on any atom is 0.416 e. The molecule has 0 spiro atoms. The monoisotopic (exact) mass is 806 g/mol. The molecule has 10 rings (SSSR count). The summed E-state index contributed by atoms with van der Waals surface area (Å²) in [6.07, 6.45) is -9.01. The van der Waals surface area contributed by atoms with Gasteiger partial charge in [0.25, 0.3) is 0 Å². The number of rotatable bonds is 6. The van der Waals surface area contributed by atoms with Gasteiger partial charge in [0.15, 0.2) is 0 Å². The molecule has 0 atom stereocenters. The second kappa shape index (κ2) is 13.7. The molecule has 0 saturated carbocycles. The lowest BCUT2D eigenvalue weighted by molar-refractivity contribution is -0.138. The van der Waals surface area contributed by atoms with E-state index in [1.807, 2.05) is 118 Å². The van der Waals surface area contributed by atoms with E-state index in [9.17, 15) is 26.3 Å². The second-order valence-corrected chi connectivity index (χ2v) is 17.5. The Morgan fingerprint density at radius 2 is 0.627 bits per heavy atom. The van der Waals surface area contributed by atoms with Crippen molar-refractivity contribution in [2.24, 2.45) is 0 Å². The van der Waals surface area contributed by atoms with Crippen molar-refractivity contribution in [1.82, 2.24) is 9.13 Å². The summed E-state index contributed by atoms with van der Waals surface area (Å²) in [7, 11) is -2.22. The predicted molar refractivity (Wildman–Crippen MR) is 225 cm³/mol. The summed E-state index contributed by atoms with van der Waals surface area (Å²) >= 11 is 0. The Kier molecular flexibility index (Phi) is 8.51. The number of hydrogen-bond donors (Lipinski definition) is 0. The average Bonchev–Trinajstić information content (AvgIpc) is 3.77. The van der Waals surface area contributed by atoms with E-state index < -0.39 is 33.5 Å². The second-order valence-electron chi connectivity index (χ2n) is 14.4. The summed E-state index contributed by atoms with van der Waals surface area (Å²) in [5, 5.41) is 3.16. The summed E-state index contributed by atoms with van der Waals surface area (Å²) in [6, 6.07) is 59.6. The molecule has 290 valence electrons. The summed E-state index contributed by atoms with van der Waals surface area (Å²) in [6.45, 7) is 0. The van der Waals surface area contributed by atoms with E-state index in [4.69, 9.17) is 0 Å².